The fourth-order valence-corrected chi connectivity index (χ4v) is 2.49. The quantitative estimate of drug-likeness (QED) is 0.523. The molecule has 0 amide bonds. The van der Waals surface area contributed by atoms with Gasteiger partial charge >= 0.3 is 5.97 Å². The lowest BCUT2D eigenvalue weighted by molar-refractivity contribution is -0.140. The van der Waals surface area contributed by atoms with Gasteiger partial charge in [-0.3, -0.25) is 9.48 Å². The minimum atomic E-state index is -0.185. The molecule has 2 N–H and O–H groups in total. The molecule has 1 aromatic carbocycles. The van der Waals surface area contributed by atoms with Gasteiger partial charge in [-0.15, -0.1) is 0 Å². The summed E-state index contributed by atoms with van der Waals surface area (Å²) in [4.78, 5) is 11.1. The first-order chi connectivity index (χ1) is 9.52. The molecule has 0 bridgehead atoms. The van der Waals surface area contributed by atoms with Crippen molar-refractivity contribution >= 4 is 34.2 Å². The van der Waals surface area contributed by atoms with Gasteiger partial charge in [-0.2, -0.15) is 5.10 Å². The van der Waals surface area contributed by atoms with Crippen LogP contribution in [0.15, 0.2) is 12.3 Å². The number of carbonyl (C=O) groups excluding carboxylic acids is 1. The Labute approximate surface area is 122 Å². The second-order valence-electron chi connectivity index (χ2n) is 4.77. The highest BCUT2D eigenvalue weighted by molar-refractivity contribution is 6.34. The number of benzene rings is 1. The molecule has 0 unspecified atom stereocenters. The topological polar surface area (TPSA) is 70.1 Å². The number of rotatable bonds is 5. The van der Waals surface area contributed by atoms with Crippen molar-refractivity contribution in [3.8, 4) is 0 Å². The lowest BCUT2D eigenvalue weighted by Crippen LogP contribution is -2.01. The number of hydrogen-bond acceptors (Lipinski definition) is 4. The predicted octanol–water partition coefficient (Wildman–Crippen LogP) is 2.69. The van der Waals surface area contributed by atoms with E-state index in [1.54, 1.807) is 10.7 Å². The Bertz CT molecular complexity index is 637. The summed E-state index contributed by atoms with van der Waals surface area (Å²) in [7, 11) is 3.27. The van der Waals surface area contributed by atoms with E-state index in [-0.39, 0.29) is 5.97 Å². The smallest absolute Gasteiger partial charge is 0.305 e. The first-order valence-corrected chi connectivity index (χ1v) is 6.87. The van der Waals surface area contributed by atoms with Gasteiger partial charge in [0.25, 0.3) is 0 Å². The number of esters is 1. The monoisotopic (exact) mass is 295 g/mol. The zero-order valence-corrected chi connectivity index (χ0v) is 12.4. The van der Waals surface area contributed by atoms with Crippen LogP contribution in [0.4, 0.5) is 5.69 Å². The fraction of sp³-hybridized carbons (Fsp3) is 0.429. The number of carbonyl (C=O) groups is 1. The van der Waals surface area contributed by atoms with Crippen LogP contribution in [0.2, 0.25) is 5.02 Å². The zero-order chi connectivity index (χ0) is 14.7. The van der Waals surface area contributed by atoms with Gasteiger partial charge in [-0.05, 0) is 30.9 Å². The normalized spacial score (nSPS) is 10.9. The molecule has 0 saturated heterocycles. The van der Waals surface area contributed by atoms with E-state index in [9.17, 15) is 4.79 Å². The number of nitrogen functional groups attached to an aromatic ring is 1. The number of methoxy groups -OCH3 is 1. The summed E-state index contributed by atoms with van der Waals surface area (Å²) in [6, 6.07) is 1.78. The molecule has 0 aliphatic carbocycles. The average Bonchev–Trinajstić information content (AvgIpc) is 2.78. The number of aromatic nitrogens is 2. The van der Waals surface area contributed by atoms with Crippen molar-refractivity contribution in [2.24, 2.45) is 7.05 Å². The number of hydrogen-bond donors (Lipinski definition) is 1. The highest BCUT2D eigenvalue weighted by Crippen LogP contribution is 2.31. The van der Waals surface area contributed by atoms with Crippen LogP contribution in [0.25, 0.3) is 10.9 Å². The van der Waals surface area contributed by atoms with Crippen molar-refractivity contribution in [2.45, 2.75) is 25.7 Å². The van der Waals surface area contributed by atoms with Crippen molar-refractivity contribution in [3.05, 3.63) is 22.8 Å². The van der Waals surface area contributed by atoms with E-state index >= 15 is 0 Å². The summed E-state index contributed by atoms with van der Waals surface area (Å²) < 4.78 is 6.37. The average molecular weight is 296 g/mol. The summed E-state index contributed by atoms with van der Waals surface area (Å²) in [6.45, 7) is 0. The third-order valence-corrected chi connectivity index (χ3v) is 3.63. The van der Waals surface area contributed by atoms with Crippen LogP contribution in [-0.4, -0.2) is 22.9 Å². The maximum atomic E-state index is 11.1. The summed E-state index contributed by atoms with van der Waals surface area (Å²) in [5.74, 6) is -0.185. The van der Waals surface area contributed by atoms with Crippen LogP contribution < -0.4 is 5.73 Å². The molecule has 0 aliphatic heterocycles. The molecular weight excluding hydrogens is 278 g/mol. The van der Waals surface area contributed by atoms with E-state index in [2.05, 4.69) is 9.84 Å². The number of halogens is 1. The molecule has 0 saturated carbocycles. The van der Waals surface area contributed by atoms with E-state index in [1.165, 1.54) is 7.11 Å². The molecule has 6 heteroatoms. The van der Waals surface area contributed by atoms with Gasteiger partial charge in [0.2, 0.25) is 0 Å². The number of unbranched alkanes of at least 4 members (excludes halogenated alkanes) is 1. The SMILES string of the molecule is COC(=O)CCCCc1c(N)c(Cl)cc2nn(C)cc12. The van der Waals surface area contributed by atoms with Crippen molar-refractivity contribution in [1.29, 1.82) is 0 Å². The Balaban J connectivity index is 2.16. The Morgan fingerprint density at radius 1 is 1.50 bits per heavy atom. The van der Waals surface area contributed by atoms with Crippen LogP contribution in [0.3, 0.4) is 0 Å². The van der Waals surface area contributed by atoms with E-state index < -0.39 is 0 Å². The summed E-state index contributed by atoms with van der Waals surface area (Å²) >= 11 is 6.14. The molecule has 2 aromatic rings. The molecule has 20 heavy (non-hydrogen) atoms. The molecule has 5 nitrogen and oxygen atoms in total. The van der Waals surface area contributed by atoms with Gasteiger partial charge in [0.1, 0.15) is 0 Å². The fourth-order valence-electron chi connectivity index (χ4n) is 2.27. The zero-order valence-electron chi connectivity index (χ0n) is 11.6. The second-order valence-corrected chi connectivity index (χ2v) is 5.18. The van der Waals surface area contributed by atoms with Crippen LogP contribution in [0.1, 0.15) is 24.8 Å². The summed E-state index contributed by atoms with van der Waals surface area (Å²) in [5, 5.41) is 5.90. The Morgan fingerprint density at radius 3 is 2.95 bits per heavy atom. The lowest BCUT2D eigenvalue weighted by Gasteiger charge is -2.08. The van der Waals surface area contributed by atoms with E-state index in [4.69, 9.17) is 17.3 Å². The predicted molar refractivity (Wildman–Crippen MR) is 79.7 cm³/mol. The molecule has 0 radical (unpaired) electrons. The molecule has 0 aliphatic rings. The molecule has 2 rings (SSSR count). The molecule has 1 aromatic heterocycles. The molecule has 1 heterocycles. The second kappa shape index (κ2) is 6.13. The third kappa shape index (κ3) is 3.04. The standard InChI is InChI=1S/C14H18ClN3O2/c1-18-8-10-9(5-3-4-6-13(19)20-2)14(16)11(15)7-12(10)17-18/h7-8H,3-6,16H2,1-2H3. The molecule has 0 atom stereocenters. The molecular formula is C14H18ClN3O2. The van der Waals surface area contributed by atoms with Crippen molar-refractivity contribution in [1.82, 2.24) is 9.78 Å². The lowest BCUT2D eigenvalue weighted by atomic mass is 10.0. The van der Waals surface area contributed by atoms with Gasteiger partial charge in [-0.25, -0.2) is 0 Å². The van der Waals surface area contributed by atoms with Gasteiger partial charge in [0, 0.05) is 25.1 Å². The van der Waals surface area contributed by atoms with E-state index in [0.29, 0.717) is 17.1 Å². The molecule has 108 valence electrons. The van der Waals surface area contributed by atoms with Crippen LogP contribution in [0.5, 0.6) is 0 Å². The Kier molecular flexibility index (Phi) is 4.49. The van der Waals surface area contributed by atoms with E-state index in [0.717, 1.165) is 35.7 Å². The summed E-state index contributed by atoms with van der Waals surface area (Å²) in [5.41, 5.74) is 8.51. The van der Waals surface area contributed by atoms with E-state index in [1.807, 2.05) is 13.2 Å². The number of anilines is 1. The number of fused-ring (bicyclic) bond motifs is 1. The number of ether oxygens (including phenoxy) is 1. The van der Waals surface area contributed by atoms with Crippen molar-refractivity contribution in [2.75, 3.05) is 12.8 Å². The first kappa shape index (κ1) is 14.7. The number of nitrogens with zero attached hydrogens (tertiary/aromatic N) is 2. The first-order valence-electron chi connectivity index (χ1n) is 6.50. The minimum absolute atomic E-state index is 0.185. The van der Waals surface area contributed by atoms with Crippen LogP contribution in [-0.2, 0) is 23.0 Å². The van der Waals surface area contributed by atoms with Gasteiger partial charge in [-0.1, -0.05) is 11.6 Å². The van der Waals surface area contributed by atoms with Gasteiger partial charge < -0.3 is 10.5 Å². The Hall–Kier alpha value is -1.75. The summed E-state index contributed by atoms with van der Waals surface area (Å²) in [6.07, 6.45) is 4.75. The van der Waals surface area contributed by atoms with Gasteiger partial charge in [0.05, 0.1) is 23.3 Å². The third-order valence-electron chi connectivity index (χ3n) is 3.31. The Morgan fingerprint density at radius 2 is 2.25 bits per heavy atom. The highest BCUT2D eigenvalue weighted by atomic mass is 35.5. The van der Waals surface area contributed by atoms with Crippen LogP contribution in [0, 0.1) is 0 Å². The van der Waals surface area contributed by atoms with Crippen molar-refractivity contribution in [3.63, 3.8) is 0 Å². The maximum absolute atomic E-state index is 11.1. The number of nitrogens with two attached hydrogens (primary N) is 1. The highest BCUT2D eigenvalue weighted by Gasteiger charge is 2.12. The molecule has 0 fully saturated rings. The number of aryl methyl sites for hydroxylation is 2. The molecule has 0 spiro atoms. The van der Waals surface area contributed by atoms with Gasteiger partial charge in [0.15, 0.2) is 0 Å². The maximum Gasteiger partial charge on any atom is 0.305 e. The van der Waals surface area contributed by atoms with Crippen molar-refractivity contribution < 1.29 is 9.53 Å². The largest absolute Gasteiger partial charge is 0.469 e. The minimum Gasteiger partial charge on any atom is -0.469 e. The van der Waals surface area contributed by atoms with Crippen LogP contribution >= 0.6 is 11.6 Å².